The van der Waals surface area contributed by atoms with Crippen molar-refractivity contribution in [2.75, 3.05) is 29.6 Å². The first-order chi connectivity index (χ1) is 16.1. The van der Waals surface area contributed by atoms with Crippen molar-refractivity contribution in [3.8, 4) is 5.75 Å². The Hall–Kier alpha value is -3.47. The van der Waals surface area contributed by atoms with Gasteiger partial charge in [0.25, 0.3) is 0 Å². The first-order valence-electron chi connectivity index (χ1n) is 10.9. The number of carbonyl (C=O) groups excluding carboxylic acids is 4. The number of ether oxygens (including phenoxy) is 1. The summed E-state index contributed by atoms with van der Waals surface area (Å²) in [5, 5.41) is 0. The van der Waals surface area contributed by atoms with Gasteiger partial charge in [-0.25, -0.2) is 23.0 Å². The maximum absolute atomic E-state index is 13.1. The van der Waals surface area contributed by atoms with Crippen molar-refractivity contribution >= 4 is 39.2 Å². The van der Waals surface area contributed by atoms with Crippen molar-refractivity contribution < 1.29 is 32.3 Å². The number of urea groups is 1. The zero-order valence-corrected chi connectivity index (χ0v) is 19.9. The second-order valence-electron chi connectivity index (χ2n) is 8.35. The Morgan fingerprint density at radius 3 is 2.47 bits per heavy atom. The van der Waals surface area contributed by atoms with E-state index in [0.717, 1.165) is 0 Å². The van der Waals surface area contributed by atoms with Crippen LogP contribution in [0.1, 0.15) is 41.1 Å². The van der Waals surface area contributed by atoms with Gasteiger partial charge in [-0.1, -0.05) is 12.1 Å². The summed E-state index contributed by atoms with van der Waals surface area (Å²) in [6.45, 7) is 4.91. The molecule has 34 heavy (non-hydrogen) atoms. The lowest BCUT2D eigenvalue weighted by Gasteiger charge is -2.18. The third-order valence-corrected chi connectivity index (χ3v) is 7.87. The third-order valence-electron chi connectivity index (χ3n) is 6.12. The number of aryl methyl sites for hydroxylation is 1. The second kappa shape index (κ2) is 8.71. The molecule has 10 nitrogen and oxygen atoms in total. The molecule has 0 bridgehead atoms. The van der Waals surface area contributed by atoms with Crippen LogP contribution in [0.25, 0.3) is 0 Å². The van der Waals surface area contributed by atoms with Gasteiger partial charge in [-0.2, -0.15) is 0 Å². The van der Waals surface area contributed by atoms with E-state index in [1.165, 1.54) is 6.07 Å². The highest BCUT2D eigenvalue weighted by molar-refractivity contribution is 7.91. The summed E-state index contributed by atoms with van der Waals surface area (Å²) >= 11 is 0. The zero-order chi connectivity index (χ0) is 24.8. The van der Waals surface area contributed by atoms with Gasteiger partial charge in [-0.3, -0.25) is 14.4 Å². The summed E-state index contributed by atoms with van der Waals surface area (Å²) in [5.74, 6) is -2.32. The van der Waals surface area contributed by atoms with Crippen molar-refractivity contribution in [3.05, 3.63) is 47.3 Å². The largest absolute Gasteiger partial charge is 0.492 e. The summed E-state index contributed by atoms with van der Waals surface area (Å²) < 4.78 is 31.1. The molecule has 11 heteroatoms. The number of amides is 4. The van der Waals surface area contributed by atoms with Gasteiger partial charge >= 0.3 is 17.8 Å². The molecular weight excluding hydrogens is 462 g/mol. The molecule has 3 heterocycles. The number of aromatic nitrogens is 1. The smallest absolute Gasteiger partial charge is 0.339 e. The van der Waals surface area contributed by atoms with Crippen molar-refractivity contribution in [2.45, 2.75) is 33.2 Å². The zero-order valence-electron chi connectivity index (χ0n) is 19.1. The van der Waals surface area contributed by atoms with Gasteiger partial charge in [-0.05, 0) is 45.4 Å². The minimum Gasteiger partial charge on any atom is -0.492 e. The number of hydrogen-bond donors (Lipinski definition) is 0. The minimum atomic E-state index is -3.12. The van der Waals surface area contributed by atoms with Gasteiger partial charge in [0.05, 0.1) is 30.3 Å². The SMILES string of the molecule is CCOc1ccccc1N1C(=O)C(=O)N(CC(=O)c2cc(C)n(C3CCS(=O)(=O)C3)c2C)C1=O. The number of para-hydroxylation sites is 2. The van der Waals surface area contributed by atoms with Crippen molar-refractivity contribution in [2.24, 2.45) is 0 Å². The number of rotatable bonds is 7. The molecule has 0 saturated carbocycles. The van der Waals surface area contributed by atoms with Crippen LogP contribution >= 0.6 is 0 Å². The Kier molecular flexibility index (Phi) is 6.07. The third kappa shape index (κ3) is 4.00. The number of imide groups is 2. The molecule has 4 amide bonds. The summed E-state index contributed by atoms with van der Waals surface area (Å²) in [5.41, 5.74) is 1.69. The van der Waals surface area contributed by atoms with E-state index < -0.39 is 40.0 Å². The molecule has 0 spiro atoms. The number of Topliss-reactive ketones (excluding diaryl/α,β-unsaturated/α-hetero) is 1. The Bertz CT molecular complexity index is 1310. The maximum Gasteiger partial charge on any atom is 0.339 e. The van der Waals surface area contributed by atoms with E-state index in [1.54, 1.807) is 45.0 Å². The molecule has 1 unspecified atom stereocenters. The van der Waals surface area contributed by atoms with Crippen LogP contribution in [0.15, 0.2) is 30.3 Å². The highest BCUT2D eigenvalue weighted by atomic mass is 32.2. The Labute approximate surface area is 197 Å². The molecule has 180 valence electrons. The Morgan fingerprint density at radius 2 is 1.82 bits per heavy atom. The van der Waals surface area contributed by atoms with E-state index in [2.05, 4.69) is 0 Å². The van der Waals surface area contributed by atoms with E-state index in [9.17, 15) is 27.6 Å². The monoisotopic (exact) mass is 487 g/mol. The van der Waals surface area contributed by atoms with E-state index in [4.69, 9.17) is 4.74 Å². The van der Waals surface area contributed by atoms with Gasteiger partial charge in [-0.15, -0.1) is 0 Å². The van der Waals surface area contributed by atoms with Gasteiger partial charge in [0.15, 0.2) is 15.6 Å². The van der Waals surface area contributed by atoms with Crippen molar-refractivity contribution in [1.29, 1.82) is 0 Å². The maximum atomic E-state index is 13.1. The number of nitrogens with zero attached hydrogens (tertiary/aromatic N) is 3. The van der Waals surface area contributed by atoms with Crippen LogP contribution in [0.5, 0.6) is 5.75 Å². The molecule has 1 aromatic carbocycles. The van der Waals surface area contributed by atoms with E-state index in [0.29, 0.717) is 34.2 Å². The number of anilines is 1. The molecule has 0 N–H and O–H groups in total. The fourth-order valence-corrected chi connectivity index (χ4v) is 6.31. The Morgan fingerprint density at radius 1 is 1.12 bits per heavy atom. The van der Waals surface area contributed by atoms with Gasteiger partial charge in [0.2, 0.25) is 0 Å². The summed E-state index contributed by atoms with van der Waals surface area (Å²) in [6, 6.07) is 6.78. The van der Waals surface area contributed by atoms with E-state index in [-0.39, 0.29) is 34.5 Å². The predicted molar refractivity (Wildman–Crippen MR) is 123 cm³/mol. The number of sulfone groups is 1. The lowest BCUT2D eigenvalue weighted by atomic mass is 10.1. The first kappa shape index (κ1) is 23.7. The average molecular weight is 488 g/mol. The topological polar surface area (TPSA) is 123 Å². The number of benzene rings is 1. The number of ketones is 1. The Balaban J connectivity index is 1.59. The standard InChI is InChI=1S/C23H25N3O7S/c1-4-33-20-8-6-5-7-18(20)26-22(29)21(28)24(23(26)30)12-19(27)17-11-14(2)25(15(17)3)16-9-10-34(31,32)13-16/h5-8,11,16H,4,9-10,12-13H2,1-3H3. The summed E-state index contributed by atoms with van der Waals surface area (Å²) in [6.07, 6.45) is 0.456. The molecule has 2 fully saturated rings. The molecule has 4 rings (SSSR count). The van der Waals surface area contributed by atoms with Crippen LogP contribution in [-0.2, 0) is 19.4 Å². The molecule has 2 saturated heterocycles. The molecule has 2 aromatic rings. The summed E-state index contributed by atoms with van der Waals surface area (Å²) in [4.78, 5) is 52.7. The van der Waals surface area contributed by atoms with E-state index in [1.807, 2.05) is 4.57 Å². The molecule has 2 aliphatic heterocycles. The van der Waals surface area contributed by atoms with Crippen LogP contribution in [0, 0.1) is 13.8 Å². The highest BCUT2D eigenvalue weighted by Crippen LogP contribution is 2.33. The fourth-order valence-electron chi connectivity index (χ4n) is 4.61. The normalized spacial score (nSPS) is 19.9. The lowest BCUT2D eigenvalue weighted by molar-refractivity contribution is -0.139. The number of carbonyl (C=O) groups is 4. The quantitative estimate of drug-likeness (QED) is 0.333. The van der Waals surface area contributed by atoms with Crippen LogP contribution in [-0.4, -0.2) is 66.2 Å². The molecule has 2 aliphatic rings. The first-order valence-corrected chi connectivity index (χ1v) is 12.7. The van der Waals surface area contributed by atoms with Gasteiger partial charge < -0.3 is 9.30 Å². The molecule has 0 radical (unpaired) electrons. The second-order valence-corrected chi connectivity index (χ2v) is 10.6. The lowest BCUT2D eigenvalue weighted by Crippen LogP contribution is -2.37. The van der Waals surface area contributed by atoms with Crippen molar-refractivity contribution in [1.82, 2.24) is 9.47 Å². The van der Waals surface area contributed by atoms with Crippen LogP contribution in [0.4, 0.5) is 10.5 Å². The predicted octanol–water partition coefficient (Wildman–Crippen LogP) is 2.04. The fraction of sp³-hybridized carbons (Fsp3) is 0.391. The van der Waals surface area contributed by atoms with Crippen LogP contribution in [0.2, 0.25) is 0 Å². The van der Waals surface area contributed by atoms with Crippen LogP contribution in [0.3, 0.4) is 0 Å². The molecule has 1 aromatic heterocycles. The van der Waals surface area contributed by atoms with Gasteiger partial charge in [0.1, 0.15) is 5.75 Å². The van der Waals surface area contributed by atoms with Crippen LogP contribution < -0.4 is 9.64 Å². The minimum absolute atomic E-state index is 0.00277. The summed E-state index contributed by atoms with van der Waals surface area (Å²) in [7, 11) is -3.12. The van der Waals surface area contributed by atoms with E-state index >= 15 is 0 Å². The van der Waals surface area contributed by atoms with Crippen molar-refractivity contribution in [3.63, 3.8) is 0 Å². The molecule has 1 atom stereocenters. The van der Waals surface area contributed by atoms with Gasteiger partial charge in [0, 0.05) is 23.0 Å². The molecule has 0 aliphatic carbocycles. The number of hydrogen-bond acceptors (Lipinski definition) is 7. The molecular formula is C23H25N3O7S. The average Bonchev–Trinajstić information content (AvgIpc) is 3.36. The highest BCUT2D eigenvalue weighted by Gasteiger charge is 2.47.